The number of nitrogens with zero attached hydrogens (tertiary/aromatic N) is 1. The Bertz CT molecular complexity index is 973. The highest BCUT2D eigenvalue weighted by molar-refractivity contribution is 5.92. The van der Waals surface area contributed by atoms with Crippen LogP contribution in [-0.2, 0) is 6.18 Å². The van der Waals surface area contributed by atoms with Gasteiger partial charge in [0.05, 0.1) is 11.7 Å². The van der Waals surface area contributed by atoms with Crippen LogP contribution in [0.5, 0.6) is 5.75 Å². The lowest BCUT2D eigenvalue weighted by Crippen LogP contribution is -2.41. The number of aryl methyl sites for hydroxylation is 1. The van der Waals surface area contributed by atoms with Gasteiger partial charge in [0, 0.05) is 31.0 Å². The first-order valence-corrected chi connectivity index (χ1v) is 10.3. The van der Waals surface area contributed by atoms with Crippen molar-refractivity contribution >= 4 is 17.6 Å². The Hall–Kier alpha value is -3.30. The van der Waals surface area contributed by atoms with Gasteiger partial charge in [-0.3, -0.25) is 9.78 Å². The molecule has 0 atom stereocenters. The normalized spacial score (nSPS) is 18.5. The molecule has 1 aromatic heterocycles. The van der Waals surface area contributed by atoms with Crippen LogP contribution in [0.4, 0.5) is 23.7 Å². The fraction of sp³-hybridized carbons (Fsp3) is 0.409. The fourth-order valence-electron chi connectivity index (χ4n) is 3.61. The minimum Gasteiger partial charge on any atom is -0.490 e. The summed E-state index contributed by atoms with van der Waals surface area (Å²) in [5.74, 6) is 0.248. The number of carbonyl (C=O) groups is 2. The van der Waals surface area contributed by atoms with Crippen molar-refractivity contribution in [3.05, 3.63) is 53.3 Å². The first-order chi connectivity index (χ1) is 15.2. The second-order valence-electron chi connectivity index (χ2n) is 7.67. The lowest BCUT2D eigenvalue weighted by molar-refractivity contribution is -0.138. The Morgan fingerprint density at radius 2 is 1.81 bits per heavy atom. The zero-order chi connectivity index (χ0) is 23.3. The van der Waals surface area contributed by atoms with Crippen molar-refractivity contribution in [1.82, 2.24) is 15.6 Å². The molecule has 1 aliphatic rings. The molecule has 32 heavy (non-hydrogen) atoms. The lowest BCUT2D eigenvalue weighted by atomic mass is 9.93. The van der Waals surface area contributed by atoms with E-state index in [0.29, 0.717) is 31.4 Å². The summed E-state index contributed by atoms with van der Waals surface area (Å²) in [6, 6.07) is 6.30. The van der Waals surface area contributed by atoms with E-state index in [0.717, 1.165) is 6.07 Å². The number of hydrogen-bond donors (Lipinski definition) is 3. The Balaban J connectivity index is 1.49. The van der Waals surface area contributed by atoms with Crippen LogP contribution in [0.15, 0.2) is 36.5 Å². The molecular weight excluding hydrogens is 425 g/mol. The molecular formula is C22H25F3N4O3. The molecule has 0 saturated heterocycles. The van der Waals surface area contributed by atoms with E-state index < -0.39 is 17.8 Å². The van der Waals surface area contributed by atoms with Crippen molar-refractivity contribution in [3.63, 3.8) is 0 Å². The van der Waals surface area contributed by atoms with Gasteiger partial charge in [-0.25, -0.2) is 4.79 Å². The second-order valence-corrected chi connectivity index (χ2v) is 7.67. The van der Waals surface area contributed by atoms with Crippen molar-refractivity contribution < 1.29 is 27.5 Å². The van der Waals surface area contributed by atoms with E-state index in [1.54, 1.807) is 12.1 Å². The average Bonchev–Trinajstić information content (AvgIpc) is 2.75. The highest BCUT2D eigenvalue weighted by Crippen LogP contribution is 2.33. The molecule has 0 bridgehead atoms. The van der Waals surface area contributed by atoms with Gasteiger partial charge >= 0.3 is 12.2 Å². The van der Waals surface area contributed by atoms with Crippen LogP contribution in [-0.4, -0.2) is 36.1 Å². The van der Waals surface area contributed by atoms with Gasteiger partial charge in [-0.15, -0.1) is 0 Å². The topological polar surface area (TPSA) is 92.4 Å². The third kappa shape index (κ3) is 6.12. The van der Waals surface area contributed by atoms with E-state index in [9.17, 15) is 22.8 Å². The molecule has 0 unspecified atom stereocenters. The number of halogens is 3. The lowest BCUT2D eigenvalue weighted by Gasteiger charge is -2.29. The van der Waals surface area contributed by atoms with E-state index in [2.05, 4.69) is 20.9 Å². The summed E-state index contributed by atoms with van der Waals surface area (Å²) in [6.45, 7) is 1.37. The number of benzene rings is 1. The number of hydrogen-bond acceptors (Lipinski definition) is 4. The molecule has 172 valence electrons. The number of rotatable bonds is 5. The van der Waals surface area contributed by atoms with Crippen LogP contribution in [0.1, 0.15) is 47.3 Å². The number of alkyl halides is 3. The number of pyridine rings is 1. The van der Waals surface area contributed by atoms with E-state index in [1.165, 1.54) is 32.3 Å². The van der Waals surface area contributed by atoms with Crippen molar-refractivity contribution in [1.29, 1.82) is 0 Å². The summed E-state index contributed by atoms with van der Waals surface area (Å²) in [7, 11) is 1.52. The van der Waals surface area contributed by atoms with E-state index in [-0.39, 0.29) is 35.0 Å². The smallest absolute Gasteiger partial charge is 0.416 e. The molecule has 2 aromatic rings. The van der Waals surface area contributed by atoms with Crippen LogP contribution in [0.25, 0.3) is 0 Å². The maximum Gasteiger partial charge on any atom is 0.416 e. The largest absolute Gasteiger partial charge is 0.490 e. The molecule has 1 saturated carbocycles. The standard InChI is InChI=1S/C22H25F3N4O3/c1-13-3-4-15(11-18(13)22(23,24)25)29-21(31)28-14-5-7-16(8-6-14)32-17-9-10-27-19(12-17)20(30)26-2/h3-4,9-12,14,16H,5-8H2,1-2H3,(H,26,30)(H2,28,29,31). The number of amides is 3. The molecule has 1 aliphatic carbocycles. The molecule has 3 N–H and O–H groups in total. The minimum atomic E-state index is -4.48. The highest BCUT2D eigenvalue weighted by Gasteiger charge is 2.32. The number of carbonyl (C=O) groups excluding carboxylic acids is 2. The first kappa shape index (κ1) is 23.4. The summed E-state index contributed by atoms with van der Waals surface area (Å²) in [5, 5.41) is 7.79. The van der Waals surface area contributed by atoms with Crippen LogP contribution >= 0.6 is 0 Å². The molecule has 0 radical (unpaired) electrons. The summed E-state index contributed by atoms with van der Waals surface area (Å²) in [5.41, 5.74) is -0.328. The van der Waals surface area contributed by atoms with Crippen molar-refractivity contribution in [3.8, 4) is 5.75 Å². The predicted octanol–water partition coefficient (Wildman–Crippen LogP) is 4.28. The molecule has 10 heteroatoms. The van der Waals surface area contributed by atoms with Crippen molar-refractivity contribution in [2.75, 3.05) is 12.4 Å². The van der Waals surface area contributed by atoms with Gasteiger partial charge < -0.3 is 20.7 Å². The van der Waals surface area contributed by atoms with Crippen LogP contribution < -0.4 is 20.7 Å². The molecule has 1 aromatic carbocycles. The van der Waals surface area contributed by atoms with Crippen molar-refractivity contribution in [2.24, 2.45) is 0 Å². The molecule has 1 heterocycles. The predicted molar refractivity (Wildman–Crippen MR) is 113 cm³/mol. The van der Waals surface area contributed by atoms with Crippen molar-refractivity contribution in [2.45, 2.75) is 50.9 Å². The Morgan fingerprint density at radius 3 is 2.47 bits per heavy atom. The third-order valence-corrected chi connectivity index (χ3v) is 5.30. The Labute approximate surface area is 183 Å². The molecule has 0 aliphatic heterocycles. The molecule has 7 nitrogen and oxygen atoms in total. The molecule has 3 rings (SSSR count). The highest BCUT2D eigenvalue weighted by atomic mass is 19.4. The third-order valence-electron chi connectivity index (χ3n) is 5.30. The maximum absolute atomic E-state index is 13.0. The molecule has 1 fully saturated rings. The van der Waals surface area contributed by atoms with Gasteiger partial charge in [0.2, 0.25) is 0 Å². The Kier molecular flexibility index (Phi) is 7.22. The molecule has 0 spiro atoms. The summed E-state index contributed by atoms with van der Waals surface area (Å²) in [6.07, 6.45) is -0.349. The Morgan fingerprint density at radius 1 is 1.09 bits per heavy atom. The van der Waals surface area contributed by atoms with Gasteiger partial charge in [-0.2, -0.15) is 13.2 Å². The number of nitrogens with one attached hydrogen (secondary N) is 3. The summed E-state index contributed by atoms with van der Waals surface area (Å²) < 4.78 is 45.1. The van der Waals surface area contributed by atoms with Gasteiger partial charge in [0.15, 0.2) is 0 Å². The van der Waals surface area contributed by atoms with Crippen LogP contribution in [0.3, 0.4) is 0 Å². The van der Waals surface area contributed by atoms with Gasteiger partial charge in [-0.05, 0) is 56.4 Å². The van der Waals surface area contributed by atoms with Gasteiger partial charge in [-0.1, -0.05) is 6.07 Å². The summed E-state index contributed by atoms with van der Waals surface area (Å²) in [4.78, 5) is 27.9. The monoisotopic (exact) mass is 450 g/mol. The SMILES string of the molecule is CNC(=O)c1cc(OC2CCC(NC(=O)Nc3ccc(C)c(C(F)(F)F)c3)CC2)ccn1. The van der Waals surface area contributed by atoms with E-state index in [4.69, 9.17) is 4.74 Å². The minimum absolute atomic E-state index is 0.0671. The zero-order valence-electron chi connectivity index (χ0n) is 17.8. The van der Waals surface area contributed by atoms with Crippen LogP contribution in [0, 0.1) is 6.92 Å². The molecule has 3 amide bonds. The first-order valence-electron chi connectivity index (χ1n) is 10.3. The number of aromatic nitrogens is 1. The fourth-order valence-corrected chi connectivity index (χ4v) is 3.61. The number of urea groups is 1. The van der Waals surface area contributed by atoms with E-state index in [1.807, 2.05) is 0 Å². The number of anilines is 1. The van der Waals surface area contributed by atoms with Gasteiger partial charge in [0.25, 0.3) is 5.91 Å². The second kappa shape index (κ2) is 9.88. The zero-order valence-corrected chi connectivity index (χ0v) is 17.8. The van der Waals surface area contributed by atoms with Gasteiger partial charge in [0.1, 0.15) is 11.4 Å². The maximum atomic E-state index is 13.0. The van der Waals surface area contributed by atoms with Crippen LogP contribution in [0.2, 0.25) is 0 Å². The average molecular weight is 450 g/mol. The summed E-state index contributed by atoms with van der Waals surface area (Å²) >= 11 is 0. The van der Waals surface area contributed by atoms with E-state index >= 15 is 0 Å². The number of ether oxygens (including phenoxy) is 1. The quantitative estimate of drug-likeness (QED) is 0.634.